The second kappa shape index (κ2) is 12.5. The topological polar surface area (TPSA) is 80.2 Å². The molecular formula is C29H23BrCl2N2O4. The minimum absolute atomic E-state index is 0.200. The van der Waals surface area contributed by atoms with Crippen molar-refractivity contribution in [3.63, 3.8) is 0 Å². The number of aliphatic hydroxyl groups is 1. The lowest BCUT2D eigenvalue weighted by Crippen LogP contribution is -2.43. The summed E-state index contributed by atoms with van der Waals surface area (Å²) >= 11 is 15.7. The summed E-state index contributed by atoms with van der Waals surface area (Å²) in [5, 5.41) is 16.6. The summed E-state index contributed by atoms with van der Waals surface area (Å²) in [7, 11) is 1.52. The molecule has 0 atom stereocenters. The van der Waals surface area contributed by atoms with Gasteiger partial charge in [-0.15, -0.1) is 0 Å². The van der Waals surface area contributed by atoms with Crippen molar-refractivity contribution < 1.29 is 19.4 Å². The average Bonchev–Trinajstić information content (AvgIpc) is 2.93. The third-order valence-corrected chi connectivity index (χ3v) is 6.91. The average molecular weight is 614 g/mol. The molecule has 0 bridgehead atoms. The van der Waals surface area contributed by atoms with E-state index >= 15 is 0 Å². The normalized spacial score (nSPS) is 11.4. The molecule has 0 radical (unpaired) electrons. The number of hydrogen-bond acceptors (Lipinski definition) is 5. The van der Waals surface area contributed by atoms with Gasteiger partial charge in [-0.1, -0.05) is 89.9 Å². The maximum Gasteiger partial charge on any atom is 0.281 e. The molecule has 194 valence electrons. The molecule has 0 spiro atoms. The first-order chi connectivity index (χ1) is 18.3. The molecule has 0 saturated carbocycles. The first-order valence-corrected chi connectivity index (χ1v) is 13.0. The van der Waals surface area contributed by atoms with E-state index < -0.39 is 11.5 Å². The third kappa shape index (κ3) is 6.19. The predicted octanol–water partition coefficient (Wildman–Crippen LogP) is 6.73. The predicted molar refractivity (Wildman–Crippen MR) is 153 cm³/mol. The van der Waals surface area contributed by atoms with Crippen LogP contribution in [0.3, 0.4) is 0 Å². The van der Waals surface area contributed by atoms with E-state index in [-0.39, 0.29) is 6.61 Å². The highest BCUT2D eigenvalue weighted by Crippen LogP contribution is 2.37. The van der Waals surface area contributed by atoms with Gasteiger partial charge < -0.3 is 14.6 Å². The van der Waals surface area contributed by atoms with Crippen molar-refractivity contribution in [2.24, 2.45) is 5.10 Å². The Morgan fingerprint density at radius 1 is 1.00 bits per heavy atom. The van der Waals surface area contributed by atoms with E-state index in [1.54, 1.807) is 78.9 Å². The van der Waals surface area contributed by atoms with Gasteiger partial charge in [-0.2, -0.15) is 5.10 Å². The Morgan fingerprint density at radius 2 is 1.63 bits per heavy atom. The van der Waals surface area contributed by atoms with Crippen molar-refractivity contribution in [3.05, 3.63) is 128 Å². The summed E-state index contributed by atoms with van der Waals surface area (Å²) in [6, 6.07) is 26.1. The van der Waals surface area contributed by atoms with Crippen LogP contribution in [0.2, 0.25) is 10.0 Å². The van der Waals surface area contributed by atoms with Crippen LogP contribution in [-0.2, 0) is 17.0 Å². The molecular weight excluding hydrogens is 591 g/mol. The smallest absolute Gasteiger partial charge is 0.281 e. The Labute approximate surface area is 238 Å². The number of methoxy groups -OCH3 is 1. The van der Waals surface area contributed by atoms with Crippen LogP contribution in [-0.4, -0.2) is 24.3 Å². The third-order valence-electron chi connectivity index (χ3n) is 5.73. The van der Waals surface area contributed by atoms with Crippen LogP contribution in [0.15, 0.2) is 101 Å². The minimum atomic E-state index is -1.93. The van der Waals surface area contributed by atoms with Crippen molar-refractivity contribution in [2.75, 3.05) is 7.11 Å². The van der Waals surface area contributed by atoms with Gasteiger partial charge in [0.1, 0.15) is 6.61 Å². The zero-order chi connectivity index (χ0) is 27.1. The van der Waals surface area contributed by atoms with Gasteiger partial charge in [0.15, 0.2) is 17.1 Å². The number of carbonyl (C=O) groups is 1. The first kappa shape index (κ1) is 27.7. The highest BCUT2D eigenvalue weighted by atomic mass is 79.9. The molecule has 2 N–H and O–H groups in total. The van der Waals surface area contributed by atoms with Crippen LogP contribution in [0, 0.1) is 0 Å². The Balaban J connectivity index is 1.52. The Hall–Kier alpha value is -3.36. The second-order valence-corrected chi connectivity index (χ2v) is 9.90. The molecule has 38 heavy (non-hydrogen) atoms. The van der Waals surface area contributed by atoms with Crippen LogP contribution in [0.4, 0.5) is 0 Å². The lowest BCUT2D eigenvalue weighted by atomic mass is 9.85. The summed E-state index contributed by atoms with van der Waals surface area (Å²) in [6.45, 7) is 0.200. The van der Waals surface area contributed by atoms with Gasteiger partial charge in [0.25, 0.3) is 5.91 Å². The number of carbonyl (C=O) groups excluding carboxylic acids is 1. The molecule has 4 aromatic carbocycles. The Kier molecular flexibility index (Phi) is 9.07. The fourth-order valence-corrected chi connectivity index (χ4v) is 4.81. The number of nitrogens with one attached hydrogen (secondary N) is 1. The summed E-state index contributed by atoms with van der Waals surface area (Å²) in [5.74, 6) is 0.224. The Bertz CT molecular complexity index is 1410. The number of halogens is 3. The number of nitrogens with zero attached hydrogens (tertiary/aromatic N) is 1. The number of benzene rings is 4. The fraction of sp³-hybridized carbons (Fsp3) is 0.103. The largest absolute Gasteiger partial charge is 0.493 e. The zero-order valence-corrected chi connectivity index (χ0v) is 23.3. The van der Waals surface area contributed by atoms with Crippen LogP contribution in [0.5, 0.6) is 11.5 Å². The monoisotopic (exact) mass is 612 g/mol. The van der Waals surface area contributed by atoms with E-state index in [1.165, 1.54) is 13.3 Å². The number of hydrogen-bond donors (Lipinski definition) is 2. The molecule has 6 nitrogen and oxygen atoms in total. The summed E-state index contributed by atoms with van der Waals surface area (Å²) in [5.41, 5.74) is 2.76. The maximum absolute atomic E-state index is 13.2. The van der Waals surface area contributed by atoms with Crippen molar-refractivity contribution in [1.29, 1.82) is 0 Å². The molecule has 0 aliphatic heterocycles. The highest BCUT2D eigenvalue weighted by Gasteiger charge is 2.39. The van der Waals surface area contributed by atoms with Crippen molar-refractivity contribution in [3.8, 4) is 11.5 Å². The molecule has 0 aliphatic carbocycles. The van der Waals surface area contributed by atoms with Gasteiger partial charge >= 0.3 is 0 Å². The number of rotatable bonds is 9. The van der Waals surface area contributed by atoms with Crippen molar-refractivity contribution >= 4 is 51.3 Å². The van der Waals surface area contributed by atoms with Gasteiger partial charge in [-0.25, -0.2) is 5.43 Å². The van der Waals surface area contributed by atoms with E-state index in [1.807, 2.05) is 12.1 Å². The van der Waals surface area contributed by atoms with E-state index in [0.29, 0.717) is 42.7 Å². The molecule has 4 aromatic rings. The van der Waals surface area contributed by atoms with Crippen LogP contribution < -0.4 is 14.9 Å². The molecule has 0 aromatic heterocycles. The van der Waals surface area contributed by atoms with Crippen molar-refractivity contribution in [1.82, 2.24) is 5.43 Å². The quantitative estimate of drug-likeness (QED) is 0.162. The molecule has 0 fully saturated rings. The summed E-state index contributed by atoms with van der Waals surface area (Å²) in [6.07, 6.45) is 1.45. The number of ether oxygens (including phenoxy) is 2. The lowest BCUT2D eigenvalue weighted by Gasteiger charge is -2.27. The van der Waals surface area contributed by atoms with Crippen LogP contribution in [0.1, 0.15) is 22.3 Å². The SMILES string of the molecule is COc1cc(/C=N\NC(=O)C(O)(c2ccccc2)c2ccccc2)cc(Br)c1OCc1ccc(Cl)cc1Cl. The number of hydrazone groups is 1. The van der Waals surface area contributed by atoms with Gasteiger partial charge in [-0.3, -0.25) is 4.79 Å². The van der Waals surface area contributed by atoms with Gasteiger partial charge in [0.05, 0.1) is 17.8 Å². The van der Waals surface area contributed by atoms with E-state index in [0.717, 1.165) is 5.56 Å². The van der Waals surface area contributed by atoms with Crippen molar-refractivity contribution in [2.45, 2.75) is 12.2 Å². The summed E-state index contributed by atoms with van der Waals surface area (Å²) in [4.78, 5) is 13.2. The molecule has 4 rings (SSSR count). The molecule has 0 unspecified atom stereocenters. The second-order valence-electron chi connectivity index (χ2n) is 8.20. The molecule has 0 aliphatic rings. The molecule has 1 amide bonds. The van der Waals surface area contributed by atoms with E-state index in [9.17, 15) is 9.90 Å². The summed E-state index contributed by atoms with van der Waals surface area (Å²) < 4.78 is 12.1. The number of amides is 1. The van der Waals surface area contributed by atoms with Crippen LogP contribution in [0.25, 0.3) is 0 Å². The van der Waals surface area contributed by atoms with Gasteiger partial charge in [-0.05, 0) is 56.9 Å². The van der Waals surface area contributed by atoms with Crippen LogP contribution >= 0.6 is 39.1 Å². The lowest BCUT2D eigenvalue weighted by molar-refractivity contribution is -0.136. The molecule has 9 heteroatoms. The Morgan fingerprint density at radius 3 is 2.21 bits per heavy atom. The molecule has 0 saturated heterocycles. The highest BCUT2D eigenvalue weighted by molar-refractivity contribution is 9.10. The molecule has 0 heterocycles. The standard InChI is InChI=1S/C29H23BrCl2N2O4/c1-37-26-15-19(14-24(30)27(26)38-18-20-12-13-23(31)16-25(20)32)17-33-34-28(35)29(36,21-8-4-2-5-9-21)22-10-6-3-7-11-22/h2-17,36H,18H2,1H3,(H,34,35)/b33-17-. The first-order valence-electron chi connectivity index (χ1n) is 11.4. The maximum atomic E-state index is 13.2. The minimum Gasteiger partial charge on any atom is -0.493 e. The fourth-order valence-electron chi connectivity index (χ4n) is 3.78. The zero-order valence-electron chi connectivity index (χ0n) is 20.2. The van der Waals surface area contributed by atoms with E-state index in [2.05, 4.69) is 26.5 Å². The van der Waals surface area contributed by atoms with Gasteiger partial charge in [0.2, 0.25) is 0 Å². The van der Waals surface area contributed by atoms with Gasteiger partial charge in [0, 0.05) is 15.6 Å². The van der Waals surface area contributed by atoms with E-state index in [4.69, 9.17) is 32.7 Å².